The maximum Gasteiger partial charge on any atom is 0.186 e. The predicted molar refractivity (Wildman–Crippen MR) is 43.4 cm³/mol. The second-order valence-electron chi connectivity index (χ2n) is 3.38. The summed E-state index contributed by atoms with van der Waals surface area (Å²) in [4.78, 5) is 0. The van der Waals surface area contributed by atoms with E-state index in [1.165, 1.54) is 7.11 Å². The van der Waals surface area contributed by atoms with Crippen molar-refractivity contribution in [3.8, 4) is 0 Å². The standard InChI is InChI=1S/C8H14O6/c1-11-8-6(10)5(9)7-4(14-8)2-12-3-13-7/h4-10H,2-3H2,1H3/t4-,5-,6-,7-,8+/m1/s1. The number of aliphatic hydroxyl groups excluding tert-OH is 2. The summed E-state index contributed by atoms with van der Waals surface area (Å²) >= 11 is 0. The normalized spacial score (nSPS) is 48.6. The molecule has 6 heteroatoms. The molecule has 2 saturated heterocycles. The van der Waals surface area contributed by atoms with Gasteiger partial charge < -0.3 is 29.2 Å². The molecule has 0 amide bonds. The fourth-order valence-corrected chi connectivity index (χ4v) is 1.73. The Labute approximate surface area is 81.3 Å². The van der Waals surface area contributed by atoms with Crippen LogP contribution in [0.2, 0.25) is 0 Å². The number of aliphatic hydroxyl groups is 2. The number of rotatable bonds is 1. The molecular weight excluding hydrogens is 192 g/mol. The monoisotopic (exact) mass is 206 g/mol. The summed E-state index contributed by atoms with van der Waals surface area (Å²) in [5.74, 6) is 0. The Hall–Kier alpha value is -0.240. The molecule has 0 unspecified atom stereocenters. The van der Waals surface area contributed by atoms with Crippen LogP contribution in [0.25, 0.3) is 0 Å². The molecule has 2 rings (SSSR count). The van der Waals surface area contributed by atoms with Gasteiger partial charge in [0.2, 0.25) is 0 Å². The smallest absolute Gasteiger partial charge is 0.186 e. The quantitative estimate of drug-likeness (QED) is 0.541. The number of methoxy groups -OCH3 is 1. The van der Waals surface area contributed by atoms with Gasteiger partial charge in [-0.3, -0.25) is 0 Å². The number of hydrogen-bond donors (Lipinski definition) is 2. The molecule has 0 aliphatic carbocycles. The second kappa shape index (κ2) is 4.09. The van der Waals surface area contributed by atoms with Crippen molar-refractivity contribution in [2.75, 3.05) is 20.5 Å². The molecule has 0 aromatic carbocycles. The molecule has 0 spiro atoms. The minimum atomic E-state index is -1.08. The summed E-state index contributed by atoms with van der Waals surface area (Å²) < 4.78 is 20.4. The van der Waals surface area contributed by atoms with Crippen LogP contribution in [-0.2, 0) is 18.9 Å². The highest BCUT2D eigenvalue weighted by Crippen LogP contribution is 2.26. The minimum Gasteiger partial charge on any atom is -0.387 e. The molecule has 0 bridgehead atoms. The van der Waals surface area contributed by atoms with Gasteiger partial charge in [0, 0.05) is 7.11 Å². The summed E-state index contributed by atoms with van der Waals surface area (Å²) in [5, 5.41) is 19.2. The van der Waals surface area contributed by atoms with Crippen LogP contribution in [0.4, 0.5) is 0 Å². The van der Waals surface area contributed by atoms with E-state index in [2.05, 4.69) is 0 Å². The molecule has 0 aromatic heterocycles. The molecular formula is C8H14O6. The molecule has 5 atom stereocenters. The first-order valence-electron chi connectivity index (χ1n) is 4.48. The maximum atomic E-state index is 9.68. The van der Waals surface area contributed by atoms with Gasteiger partial charge in [-0.25, -0.2) is 0 Å². The van der Waals surface area contributed by atoms with Gasteiger partial charge in [0.05, 0.1) is 6.61 Å². The molecule has 2 fully saturated rings. The highest BCUT2D eigenvalue weighted by molar-refractivity contribution is 4.91. The lowest BCUT2D eigenvalue weighted by Gasteiger charge is -2.43. The van der Waals surface area contributed by atoms with Gasteiger partial charge in [-0.05, 0) is 0 Å². The van der Waals surface area contributed by atoms with Crippen LogP contribution >= 0.6 is 0 Å². The van der Waals surface area contributed by atoms with Crippen molar-refractivity contribution >= 4 is 0 Å². The molecule has 2 aliphatic heterocycles. The number of hydrogen-bond acceptors (Lipinski definition) is 6. The fraction of sp³-hybridized carbons (Fsp3) is 1.00. The Balaban J connectivity index is 2.07. The summed E-state index contributed by atoms with van der Waals surface area (Å²) in [5.41, 5.74) is 0. The molecule has 0 radical (unpaired) electrons. The van der Waals surface area contributed by atoms with E-state index in [4.69, 9.17) is 18.9 Å². The van der Waals surface area contributed by atoms with Gasteiger partial charge in [0.1, 0.15) is 31.2 Å². The van der Waals surface area contributed by atoms with Crippen molar-refractivity contribution in [1.29, 1.82) is 0 Å². The molecule has 6 nitrogen and oxygen atoms in total. The first-order valence-corrected chi connectivity index (χ1v) is 4.48. The van der Waals surface area contributed by atoms with E-state index in [1.807, 2.05) is 0 Å². The molecule has 14 heavy (non-hydrogen) atoms. The van der Waals surface area contributed by atoms with Gasteiger partial charge in [-0.2, -0.15) is 0 Å². The van der Waals surface area contributed by atoms with Crippen molar-refractivity contribution in [2.45, 2.75) is 30.7 Å². The third-order valence-electron chi connectivity index (χ3n) is 2.50. The van der Waals surface area contributed by atoms with E-state index in [0.717, 1.165) is 0 Å². The Morgan fingerprint density at radius 2 is 2.07 bits per heavy atom. The van der Waals surface area contributed by atoms with E-state index >= 15 is 0 Å². The largest absolute Gasteiger partial charge is 0.387 e. The van der Waals surface area contributed by atoms with Gasteiger partial charge in [-0.15, -0.1) is 0 Å². The van der Waals surface area contributed by atoms with Crippen LogP contribution in [0.3, 0.4) is 0 Å². The van der Waals surface area contributed by atoms with Gasteiger partial charge in [0.25, 0.3) is 0 Å². The fourth-order valence-electron chi connectivity index (χ4n) is 1.73. The highest BCUT2D eigenvalue weighted by Gasteiger charge is 2.46. The molecule has 0 aromatic rings. The van der Waals surface area contributed by atoms with E-state index in [1.54, 1.807) is 0 Å². The van der Waals surface area contributed by atoms with Crippen LogP contribution < -0.4 is 0 Å². The van der Waals surface area contributed by atoms with E-state index < -0.39 is 24.6 Å². The lowest BCUT2D eigenvalue weighted by atomic mass is 9.99. The van der Waals surface area contributed by atoms with Crippen molar-refractivity contribution in [3.63, 3.8) is 0 Å². The van der Waals surface area contributed by atoms with Gasteiger partial charge in [-0.1, -0.05) is 0 Å². The zero-order valence-electron chi connectivity index (χ0n) is 7.83. The van der Waals surface area contributed by atoms with Crippen LogP contribution in [0, 0.1) is 0 Å². The topological polar surface area (TPSA) is 77.4 Å². The molecule has 2 heterocycles. The average Bonchev–Trinajstić information content (AvgIpc) is 2.23. The Kier molecular flexibility index (Phi) is 3.01. The van der Waals surface area contributed by atoms with Crippen LogP contribution in [0.1, 0.15) is 0 Å². The Morgan fingerprint density at radius 1 is 1.29 bits per heavy atom. The zero-order valence-corrected chi connectivity index (χ0v) is 7.83. The minimum absolute atomic E-state index is 0.117. The number of ether oxygens (including phenoxy) is 4. The zero-order chi connectivity index (χ0) is 10.1. The first-order chi connectivity index (χ1) is 6.74. The van der Waals surface area contributed by atoms with E-state index in [9.17, 15) is 10.2 Å². The Morgan fingerprint density at radius 3 is 2.79 bits per heavy atom. The van der Waals surface area contributed by atoms with Gasteiger partial charge in [0.15, 0.2) is 6.29 Å². The summed E-state index contributed by atoms with van der Waals surface area (Å²) in [7, 11) is 1.41. The van der Waals surface area contributed by atoms with E-state index in [-0.39, 0.29) is 12.9 Å². The van der Waals surface area contributed by atoms with Crippen LogP contribution in [0.5, 0.6) is 0 Å². The third kappa shape index (κ3) is 1.65. The predicted octanol–water partition coefficient (Wildman–Crippen LogP) is -1.55. The number of fused-ring (bicyclic) bond motifs is 1. The maximum absolute atomic E-state index is 9.68. The second-order valence-corrected chi connectivity index (χ2v) is 3.38. The van der Waals surface area contributed by atoms with Crippen molar-refractivity contribution < 1.29 is 29.2 Å². The van der Waals surface area contributed by atoms with Crippen molar-refractivity contribution in [2.24, 2.45) is 0 Å². The molecule has 2 aliphatic rings. The van der Waals surface area contributed by atoms with Crippen LogP contribution in [-0.4, -0.2) is 61.4 Å². The summed E-state index contributed by atoms with van der Waals surface area (Å²) in [6.45, 7) is 0.459. The average molecular weight is 206 g/mol. The van der Waals surface area contributed by atoms with Crippen LogP contribution in [0.15, 0.2) is 0 Å². The summed E-state index contributed by atoms with van der Waals surface area (Å²) in [6.07, 6.45) is -3.82. The summed E-state index contributed by atoms with van der Waals surface area (Å²) in [6, 6.07) is 0. The van der Waals surface area contributed by atoms with Gasteiger partial charge >= 0.3 is 0 Å². The lowest BCUT2D eigenvalue weighted by Crippen LogP contribution is -2.61. The highest BCUT2D eigenvalue weighted by atomic mass is 16.7. The van der Waals surface area contributed by atoms with Crippen molar-refractivity contribution in [3.05, 3.63) is 0 Å². The SMILES string of the molecule is CO[C@H]1O[C@@H]2COCO[C@H]2[C@H](O)[C@H]1O. The molecule has 0 saturated carbocycles. The third-order valence-corrected chi connectivity index (χ3v) is 2.50. The lowest BCUT2D eigenvalue weighted by molar-refractivity contribution is -0.334. The first kappa shape index (κ1) is 10.3. The molecule has 82 valence electrons. The Bertz CT molecular complexity index is 196. The van der Waals surface area contributed by atoms with E-state index in [0.29, 0.717) is 6.61 Å². The molecule has 2 N–H and O–H groups in total. The van der Waals surface area contributed by atoms with Crippen molar-refractivity contribution in [1.82, 2.24) is 0 Å².